The molecule has 1 aromatic rings. The summed E-state index contributed by atoms with van der Waals surface area (Å²) in [6, 6.07) is 7.11. The lowest BCUT2D eigenvalue weighted by atomic mass is 9.85. The number of carbonyl (C=O) groups excluding carboxylic acids is 1. The molecule has 1 fully saturated rings. The third-order valence-electron chi connectivity index (χ3n) is 4.58. The summed E-state index contributed by atoms with van der Waals surface area (Å²) >= 11 is 0. The number of fused-ring (bicyclic) bond motifs is 1. The van der Waals surface area contributed by atoms with Crippen LogP contribution in [0.15, 0.2) is 18.2 Å². The number of amides is 1. The Balaban J connectivity index is 1.91. The minimum Gasteiger partial charge on any atom is -0.314 e. The molecule has 1 atom stereocenters. The van der Waals surface area contributed by atoms with Crippen molar-refractivity contribution in [3.63, 3.8) is 0 Å². The molecule has 2 aliphatic rings. The van der Waals surface area contributed by atoms with E-state index in [9.17, 15) is 4.79 Å². The highest BCUT2D eigenvalue weighted by atomic mass is 16.2. The topological polar surface area (TPSA) is 32.3 Å². The first kappa shape index (κ1) is 12.7. The van der Waals surface area contributed by atoms with Crippen LogP contribution in [0.3, 0.4) is 0 Å². The van der Waals surface area contributed by atoms with E-state index in [1.54, 1.807) is 4.90 Å². The fraction of sp³-hybridized carbons (Fsp3) is 0.562. The van der Waals surface area contributed by atoms with Gasteiger partial charge in [-0.05, 0) is 56.8 Å². The molecule has 102 valence electrons. The summed E-state index contributed by atoms with van der Waals surface area (Å²) in [6.07, 6.45) is 3.61. The van der Waals surface area contributed by atoms with Crippen LogP contribution in [0.2, 0.25) is 0 Å². The van der Waals surface area contributed by atoms with Gasteiger partial charge in [-0.3, -0.25) is 4.79 Å². The van der Waals surface area contributed by atoms with Crippen molar-refractivity contribution < 1.29 is 4.79 Å². The molecular weight excluding hydrogens is 236 g/mol. The zero-order valence-electron chi connectivity index (χ0n) is 12.0. The van der Waals surface area contributed by atoms with Crippen LogP contribution in [0.5, 0.6) is 0 Å². The smallest absolute Gasteiger partial charge is 0.236 e. The second kappa shape index (κ2) is 4.34. The molecule has 0 spiro atoms. The molecular formula is C16H22N2O. The van der Waals surface area contributed by atoms with Crippen LogP contribution < -0.4 is 10.2 Å². The van der Waals surface area contributed by atoms with Crippen molar-refractivity contribution in [1.82, 2.24) is 5.32 Å². The summed E-state index contributed by atoms with van der Waals surface area (Å²) in [7, 11) is 1.87. The monoisotopic (exact) mass is 258 g/mol. The number of anilines is 1. The van der Waals surface area contributed by atoms with Crippen LogP contribution >= 0.6 is 0 Å². The summed E-state index contributed by atoms with van der Waals surface area (Å²) in [5.74, 6) is 0.193. The van der Waals surface area contributed by atoms with Gasteiger partial charge >= 0.3 is 0 Å². The van der Waals surface area contributed by atoms with Gasteiger partial charge in [0.05, 0.1) is 5.41 Å². The van der Waals surface area contributed by atoms with Gasteiger partial charge in [0.2, 0.25) is 5.91 Å². The first-order valence-electron chi connectivity index (χ1n) is 7.15. The highest BCUT2D eigenvalue weighted by molar-refractivity contribution is 6.07. The van der Waals surface area contributed by atoms with Gasteiger partial charge in [0, 0.05) is 18.8 Å². The number of hydrogen-bond acceptors (Lipinski definition) is 2. The van der Waals surface area contributed by atoms with E-state index in [1.165, 1.54) is 24.0 Å². The zero-order chi connectivity index (χ0) is 13.6. The van der Waals surface area contributed by atoms with E-state index in [0.717, 1.165) is 18.7 Å². The summed E-state index contributed by atoms with van der Waals surface area (Å²) in [6.45, 7) is 5.19. The molecule has 3 heteroatoms. The first-order valence-corrected chi connectivity index (χ1v) is 7.15. The van der Waals surface area contributed by atoms with Crippen molar-refractivity contribution in [3.8, 4) is 0 Å². The third-order valence-corrected chi connectivity index (χ3v) is 4.58. The predicted molar refractivity (Wildman–Crippen MR) is 77.6 cm³/mol. The quantitative estimate of drug-likeness (QED) is 0.882. The number of rotatable bonds is 2. The van der Waals surface area contributed by atoms with Crippen molar-refractivity contribution in [2.24, 2.45) is 0 Å². The van der Waals surface area contributed by atoms with E-state index in [4.69, 9.17) is 0 Å². The van der Waals surface area contributed by atoms with E-state index in [0.29, 0.717) is 6.04 Å². The van der Waals surface area contributed by atoms with E-state index in [-0.39, 0.29) is 11.3 Å². The number of carbonyl (C=O) groups is 1. The molecule has 2 heterocycles. The standard InChI is InChI=1S/C16H22N2O/c1-16(2)13-10-11(9-12-5-4-8-17-12)6-7-14(13)18(3)15(16)19/h6-7,10,12,17H,4-5,8-9H2,1-3H3. The molecule has 0 bridgehead atoms. The Kier molecular flexibility index (Phi) is 2.90. The molecule has 3 nitrogen and oxygen atoms in total. The predicted octanol–water partition coefficient (Wildman–Crippen LogP) is 2.24. The zero-order valence-corrected chi connectivity index (χ0v) is 12.0. The number of hydrogen-bond donors (Lipinski definition) is 1. The number of nitrogens with one attached hydrogen (secondary N) is 1. The fourth-order valence-electron chi connectivity index (χ4n) is 3.36. The van der Waals surface area contributed by atoms with Gasteiger partial charge in [0.15, 0.2) is 0 Å². The summed E-state index contributed by atoms with van der Waals surface area (Å²) < 4.78 is 0. The Bertz CT molecular complexity index is 515. The normalized spacial score (nSPS) is 24.9. The van der Waals surface area contributed by atoms with Crippen LogP contribution in [0.25, 0.3) is 0 Å². The minimum atomic E-state index is -0.386. The lowest BCUT2D eigenvalue weighted by Crippen LogP contribution is -2.33. The maximum Gasteiger partial charge on any atom is 0.236 e. The van der Waals surface area contributed by atoms with Crippen LogP contribution in [-0.4, -0.2) is 25.5 Å². The van der Waals surface area contributed by atoms with Gasteiger partial charge in [-0.1, -0.05) is 12.1 Å². The van der Waals surface area contributed by atoms with Gasteiger partial charge < -0.3 is 10.2 Å². The summed E-state index contributed by atoms with van der Waals surface area (Å²) in [4.78, 5) is 14.0. The molecule has 1 aromatic carbocycles. The number of benzene rings is 1. The van der Waals surface area contributed by atoms with E-state index in [2.05, 4.69) is 23.5 Å². The van der Waals surface area contributed by atoms with Crippen LogP contribution in [0.1, 0.15) is 37.8 Å². The second-order valence-electron chi connectivity index (χ2n) is 6.34. The Morgan fingerprint density at radius 2 is 2.21 bits per heavy atom. The van der Waals surface area contributed by atoms with Gasteiger partial charge in [-0.15, -0.1) is 0 Å². The van der Waals surface area contributed by atoms with Crippen molar-refractivity contribution in [2.45, 2.75) is 44.6 Å². The maximum atomic E-state index is 12.3. The number of likely N-dealkylation sites (N-methyl/N-ethyl adjacent to an activating group) is 1. The summed E-state index contributed by atoms with van der Waals surface area (Å²) in [5.41, 5.74) is 3.20. The summed E-state index contributed by atoms with van der Waals surface area (Å²) in [5, 5.41) is 3.53. The van der Waals surface area contributed by atoms with Gasteiger partial charge in [0.25, 0.3) is 0 Å². The van der Waals surface area contributed by atoms with Gasteiger partial charge in [-0.2, -0.15) is 0 Å². The molecule has 19 heavy (non-hydrogen) atoms. The molecule has 1 unspecified atom stereocenters. The fourth-order valence-corrected chi connectivity index (χ4v) is 3.36. The van der Waals surface area contributed by atoms with E-state index in [1.807, 2.05) is 20.9 Å². The van der Waals surface area contributed by atoms with Crippen LogP contribution in [0, 0.1) is 0 Å². The molecule has 1 N–H and O–H groups in total. The first-order chi connectivity index (χ1) is 9.00. The molecule has 3 rings (SSSR count). The van der Waals surface area contributed by atoms with Gasteiger partial charge in [0.1, 0.15) is 0 Å². The molecule has 2 aliphatic heterocycles. The highest BCUT2D eigenvalue weighted by Crippen LogP contribution is 2.41. The largest absolute Gasteiger partial charge is 0.314 e. The third kappa shape index (κ3) is 1.96. The molecule has 0 saturated carbocycles. The van der Waals surface area contributed by atoms with Crippen LogP contribution in [-0.2, 0) is 16.6 Å². The Labute approximate surface area is 115 Å². The molecule has 0 aliphatic carbocycles. The SMILES string of the molecule is CN1C(=O)C(C)(C)c2cc(CC3CCCN3)ccc21. The maximum absolute atomic E-state index is 12.3. The van der Waals surface area contributed by atoms with Crippen molar-refractivity contribution in [3.05, 3.63) is 29.3 Å². The lowest BCUT2D eigenvalue weighted by Gasteiger charge is -2.17. The van der Waals surface area contributed by atoms with Crippen molar-refractivity contribution in [2.75, 3.05) is 18.5 Å². The van der Waals surface area contributed by atoms with Crippen LogP contribution in [0.4, 0.5) is 5.69 Å². The molecule has 1 saturated heterocycles. The number of nitrogens with zero attached hydrogens (tertiary/aromatic N) is 1. The Morgan fingerprint density at radius 1 is 1.42 bits per heavy atom. The Hall–Kier alpha value is -1.35. The second-order valence-corrected chi connectivity index (χ2v) is 6.34. The van der Waals surface area contributed by atoms with Gasteiger partial charge in [-0.25, -0.2) is 0 Å². The van der Waals surface area contributed by atoms with E-state index >= 15 is 0 Å². The lowest BCUT2D eigenvalue weighted by molar-refractivity contribution is -0.121. The molecule has 0 aromatic heterocycles. The molecule has 0 radical (unpaired) electrons. The minimum absolute atomic E-state index is 0.193. The average molecular weight is 258 g/mol. The highest BCUT2D eigenvalue weighted by Gasteiger charge is 2.42. The van der Waals surface area contributed by atoms with Crippen molar-refractivity contribution in [1.29, 1.82) is 0 Å². The molecule has 1 amide bonds. The Morgan fingerprint density at radius 3 is 2.89 bits per heavy atom. The average Bonchev–Trinajstić information content (AvgIpc) is 2.94. The van der Waals surface area contributed by atoms with Crippen molar-refractivity contribution >= 4 is 11.6 Å². The van der Waals surface area contributed by atoms with E-state index < -0.39 is 0 Å².